The van der Waals surface area contributed by atoms with E-state index in [0.29, 0.717) is 52.9 Å². The Bertz CT molecular complexity index is 1250. The quantitative estimate of drug-likeness (QED) is 0.517. The summed E-state index contributed by atoms with van der Waals surface area (Å²) < 4.78 is 23.1. The van der Waals surface area contributed by atoms with Crippen molar-refractivity contribution in [1.29, 1.82) is 0 Å². The van der Waals surface area contributed by atoms with Crippen LogP contribution in [0.5, 0.6) is 17.2 Å². The number of methoxy groups -OCH3 is 3. The number of benzene rings is 2. The Kier molecular flexibility index (Phi) is 6.65. The van der Waals surface area contributed by atoms with E-state index < -0.39 is 5.76 Å². The van der Waals surface area contributed by atoms with Crippen molar-refractivity contribution in [3.05, 3.63) is 57.5 Å². The Balaban J connectivity index is 1.47. The summed E-state index contributed by atoms with van der Waals surface area (Å²) in [6, 6.07) is 8.64. The van der Waals surface area contributed by atoms with Gasteiger partial charge in [0.1, 0.15) is 17.2 Å². The summed E-state index contributed by atoms with van der Waals surface area (Å²) in [6.07, 6.45) is 2.85. The Labute approximate surface area is 195 Å². The highest BCUT2D eigenvalue weighted by Gasteiger charge is 2.23. The van der Waals surface area contributed by atoms with Gasteiger partial charge in [-0.05, 0) is 24.1 Å². The van der Waals surface area contributed by atoms with Crippen molar-refractivity contribution in [2.45, 2.75) is 19.4 Å². The van der Waals surface area contributed by atoms with E-state index in [4.69, 9.17) is 30.2 Å². The average molecular weight is 473 g/mol. The topological polar surface area (TPSA) is 83.1 Å². The predicted octanol–water partition coefficient (Wildman–Crippen LogP) is 3.98. The first-order valence-electron chi connectivity index (χ1n) is 10.5. The van der Waals surface area contributed by atoms with Crippen LogP contribution in [0.25, 0.3) is 16.7 Å². The number of carbonyl (C=O) groups excluding carboxylic acids is 1. The number of amides is 1. The molecule has 8 nitrogen and oxygen atoms in total. The highest BCUT2D eigenvalue weighted by Crippen LogP contribution is 2.40. The molecule has 1 aliphatic rings. The number of fused-ring (bicyclic) bond motifs is 1. The average Bonchev–Trinajstić information content (AvgIpc) is 3.15. The lowest BCUT2D eigenvalue weighted by Gasteiger charge is -2.28. The Hall–Kier alpha value is -3.39. The minimum absolute atomic E-state index is 0.0332. The van der Waals surface area contributed by atoms with Crippen LogP contribution in [0.4, 0.5) is 0 Å². The molecule has 0 bridgehead atoms. The molecule has 4 rings (SSSR count). The number of halogens is 1. The van der Waals surface area contributed by atoms with Gasteiger partial charge in [0.05, 0.1) is 32.4 Å². The van der Waals surface area contributed by atoms with Gasteiger partial charge in [-0.25, -0.2) is 4.79 Å². The van der Waals surface area contributed by atoms with Gasteiger partial charge in [-0.1, -0.05) is 17.7 Å². The van der Waals surface area contributed by atoms with Crippen LogP contribution in [0.3, 0.4) is 0 Å². The van der Waals surface area contributed by atoms with Gasteiger partial charge in [-0.15, -0.1) is 0 Å². The van der Waals surface area contributed by atoms with E-state index in [0.717, 1.165) is 11.1 Å². The lowest BCUT2D eigenvalue weighted by molar-refractivity contribution is -0.131. The van der Waals surface area contributed by atoms with Gasteiger partial charge in [-0.2, -0.15) is 0 Å². The number of aryl methyl sites for hydroxylation is 1. The molecule has 174 valence electrons. The first-order chi connectivity index (χ1) is 15.9. The van der Waals surface area contributed by atoms with Crippen LogP contribution >= 0.6 is 11.6 Å². The summed E-state index contributed by atoms with van der Waals surface area (Å²) in [5.74, 6) is 1.42. The predicted molar refractivity (Wildman–Crippen MR) is 125 cm³/mol. The van der Waals surface area contributed by atoms with Crippen LogP contribution in [-0.4, -0.2) is 49.8 Å². The number of aromatic nitrogens is 1. The molecule has 0 unspecified atom stereocenters. The summed E-state index contributed by atoms with van der Waals surface area (Å²) in [7, 11) is 4.80. The van der Waals surface area contributed by atoms with Crippen LogP contribution in [-0.2, 0) is 11.3 Å². The second-order valence-corrected chi connectivity index (χ2v) is 8.04. The zero-order chi connectivity index (χ0) is 23.5. The third-order valence-electron chi connectivity index (χ3n) is 5.78. The van der Waals surface area contributed by atoms with Gasteiger partial charge in [0.2, 0.25) is 5.91 Å². The normalized spacial score (nSPS) is 13.7. The molecule has 2 aromatic carbocycles. The molecule has 1 aliphatic heterocycles. The van der Waals surface area contributed by atoms with Crippen LogP contribution in [0.15, 0.2) is 45.6 Å². The second-order valence-electron chi connectivity index (χ2n) is 7.61. The maximum Gasteiger partial charge on any atom is 0.419 e. The van der Waals surface area contributed by atoms with Gasteiger partial charge >= 0.3 is 5.76 Å². The summed E-state index contributed by atoms with van der Waals surface area (Å²) in [5, 5.41) is 0.487. The van der Waals surface area contributed by atoms with E-state index in [1.807, 2.05) is 18.2 Å². The summed E-state index contributed by atoms with van der Waals surface area (Å²) in [4.78, 5) is 26.8. The zero-order valence-electron chi connectivity index (χ0n) is 18.7. The highest BCUT2D eigenvalue weighted by atomic mass is 35.5. The third-order valence-corrected chi connectivity index (χ3v) is 6.01. The Morgan fingerprint density at radius 2 is 1.82 bits per heavy atom. The molecule has 0 saturated carbocycles. The van der Waals surface area contributed by atoms with Gasteiger partial charge < -0.3 is 23.5 Å². The van der Waals surface area contributed by atoms with Crippen molar-refractivity contribution in [3.8, 4) is 17.2 Å². The molecule has 0 fully saturated rings. The first-order valence-corrected chi connectivity index (χ1v) is 10.9. The van der Waals surface area contributed by atoms with Crippen molar-refractivity contribution in [3.63, 3.8) is 0 Å². The van der Waals surface area contributed by atoms with Gasteiger partial charge in [0, 0.05) is 49.3 Å². The number of hydrogen-bond donors (Lipinski definition) is 0. The van der Waals surface area contributed by atoms with E-state index in [-0.39, 0.29) is 18.9 Å². The smallest absolute Gasteiger partial charge is 0.419 e. The van der Waals surface area contributed by atoms with E-state index >= 15 is 0 Å². The van der Waals surface area contributed by atoms with Crippen molar-refractivity contribution >= 4 is 34.2 Å². The second kappa shape index (κ2) is 9.62. The third kappa shape index (κ3) is 4.57. The van der Waals surface area contributed by atoms with Crippen molar-refractivity contribution in [2.75, 3.05) is 34.4 Å². The fraction of sp³-hybridized carbons (Fsp3) is 0.333. The zero-order valence-corrected chi connectivity index (χ0v) is 19.5. The van der Waals surface area contributed by atoms with Crippen molar-refractivity contribution in [2.24, 2.45) is 0 Å². The molecule has 0 N–H and O–H groups in total. The van der Waals surface area contributed by atoms with Crippen LogP contribution < -0.4 is 20.0 Å². The van der Waals surface area contributed by atoms with Crippen LogP contribution in [0.1, 0.15) is 18.4 Å². The minimum atomic E-state index is -0.500. The lowest BCUT2D eigenvalue weighted by atomic mass is 9.97. The molecule has 0 spiro atoms. The number of carbonyl (C=O) groups is 1. The molecular formula is C24H25ClN2O6. The molecule has 33 heavy (non-hydrogen) atoms. The van der Waals surface area contributed by atoms with E-state index in [9.17, 15) is 9.59 Å². The van der Waals surface area contributed by atoms with E-state index in [1.54, 1.807) is 44.4 Å². The van der Waals surface area contributed by atoms with Gasteiger partial charge in [-0.3, -0.25) is 9.36 Å². The highest BCUT2D eigenvalue weighted by molar-refractivity contribution is 6.31. The maximum atomic E-state index is 12.8. The monoisotopic (exact) mass is 472 g/mol. The van der Waals surface area contributed by atoms with E-state index in [2.05, 4.69) is 0 Å². The molecule has 9 heteroatoms. The Morgan fingerprint density at radius 1 is 1.09 bits per heavy atom. The Morgan fingerprint density at radius 3 is 2.42 bits per heavy atom. The van der Waals surface area contributed by atoms with Gasteiger partial charge in [0.15, 0.2) is 5.58 Å². The standard InChI is InChI=1S/C24H25ClN2O6/c1-30-17-13-20(31-2)23(21(14-17)32-3)15-6-9-26(10-7-15)22(28)8-11-27-18-5-4-16(25)12-19(18)33-24(27)29/h4-6,12-14H,7-11H2,1-3H3. The molecule has 1 aromatic heterocycles. The number of hydrogen-bond acceptors (Lipinski definition) is 6. The minimum Gasteiger partial charge on any atom is -0.496 e. The molecule has 0 saturated heterocycles. The summed E-state index contributed by atoms with van der Waals surface area (Å²) in [6.45, 7) is 1.25. The van der Waals surface area contributed by atoms with Crippen molar-refractivity contribution in [1.82, 2.24) is 9.47 Å². The molecular weight excluding hydrogens is 448 g/mol. The summed E-state index contributed by atoms with van der Waals surface area (Å²) >= 11 is 5.96. The fourth-order valence-corrected chi connectivity index (χ4v) is 4.22. The number of rotatable bonds is 7. The first kappa shape index (κ1) is 22.8. The number of nitrogens with zero attached hydrogens (tertiary/aromatic N) is 2. The molecule has 2 heterocycles. The van der Waals surface area contributed by atoms with Crippen molar-refractivity contribution < 1.29 is 23.4 Å². The SMILES string of the molecule is COc1cc(OC)c(C2=CCN(C(=O)CCn3c(=O)oc4cc(Cl)ccc43)CC2)c(OC)c1. The van der Waals surface area contributed by atoms with E-state index in [1.165, 1.54) is 4.57 Å². The molecule has 1 amide bonds. The lowest BCUT2D eigenvalue weighted by Crippen LogP contribution is -2.35. The molecule has 3 aromatic rings. The number of ether oxygens (including phenoxy) is 3. The molecule has 0 aliphatic carbocycles. The molecule has 0 atom stereocenters. The molecule has 0 radical (unpaired) electrons. The maximum absolute atomic E-state index is 12.8. The summed E-state index contributed by atoms with van der Waals surface area (Å²) in [5.41, 5.74) is 2.94. The largest absolute Gasteiger partial charge is 0.496 e. The van der Waals surface area contributed by atoms with Crippen LogP contribution in [0.2, 0.25) is 5.02 Å². The van der Waals surface area contributed by atoms with Gasteiger partial charge in [0.25, 0.3) is 0 Å². The van der Waals surface area contributed by atoms with Crippen LogP contribution in [0, 0.1) is 0 Å². The number of oxazole rings is 1. The fourth-order valence-electron chi connectivity index (χ4n) is 4.06.